The molecule has 0 fully saturated rings. The van der Waals surface area contributed by atoms with E-state index >= 15 is 0 Å². The fourth-order valence-corrected chi connectivity index (χ4v) is 4.32. The first kappa shape index (κ1) is 20.6. The van der Waals surface area contributed by atoms with Gasteiger partial charge in [0.15, 0.2) is 11.5 Å². The Labute approximate surface area is 191 Å². The maximum atomic E-state index is 13.5. The lowest BCUT2D eigenvalue weighted by atomic mass is 9.95. The number of ether oxygens (including phenoxy) is 2. The number of nitrogens with one attached hydrogen (secondary N) is 1. The fraction of sp³-hybridized carbons (Fsp3) is 0.154. The van der Waals surface area contributed by atoms with Crippen LogP contribution in [0.15, 0.2) is 72.8 Å². The molecule has 166 valence electrons. The molecule has 4 aromatic rings. The van der Waals surface area contributed by atoms with Crippen LogP contribution in [0.2, 0.25) is 0 Å². The Morgan fingerprint density at radius 1 is 1.00 bits per heavy atom. The number of fused-ring (bicyclic) bond motifs is 1. The molecule has 1 amide bonds. The van der Waals surface area contributed by atoms with E-state index in [-0.39, 0.29) is 11.7 Å². The van der Waals surface area contributed by atoms with E-state index in [1.807, 2.05) is 65.6 Å². The molecule has 0 aliphatic carbocycles. The summed E-state index contributed by atoms with van der Waals surface area (Å²) in [5.41, 5.74) is 4.68. The van der Waals surface area contributed by atoms with Gasteiger partial charge in [0.05, 0.1) is 26.0 Å². The number of carbonyl (C=O) groups is 1. The Bertz CT molecular complexity index is 1300. The molecule has 1 aliphatic rings. The van der Waals surface area contributed by atoms with Gasteiger partial charge in [0.1, 0.15) is 11.4 Å². The van der Waals surface area contributed by atoms with Crippen molar-refractivity contribution < 1.29 is 19.4 Å². The molecular formula is C26H23N3O4. The molecule has 1 aliphatic heterocycles. The van der Waals surface area contributed by atoms with Crippen LogP contribution < -0.4 is 9.47 Å². The maximum Gasteiger partial charge on any atom is 0.273 e. The van der Waals surface area contributed by atoms with Gasteiger partial charge in [-0.3, -0.25) is 9.89 Å². The summed E-state index contributed by atoms with van der Waals surface area (Å²) in [6.45, 7) is 0.429. The molecule has 5 rings (SSSR count). The predicted molar refractivity (Wildman–Crippen MR) is 123 cm³/mol. The Morgan fingerprint density at radius 3 is 2.45 bits per heavy atom. The zero-order valence-corrected chi connectivity index (χ0v) is 18.3. The lowest BCUT2D eigenvalue weighted by Gasteiger charge is -2.27. The summed E-state index contributed by atoms with van der Waals surface area (Å²) < 4.78 is 10.6. The molecule has 0 saturated carbocycles. The van der Waals surface area contributed by atoms with Crippen molar-refractivity contribution in [1.29, 1.82) is 0 Å². The van der Waals surface area contributed by atoms with Gasteiger partial charge in [0.25, 0.3) is 5.91 Å². The van der Waals surface area contributed by atoms with Crippen molar-refractivity contribution in [2.24, 2.45) is 0 Å². The minimum Gasteiger partial charge on any atom is -0.504 e. The monoisotopic (exact) mass is 441 g/mol. The molecule has 2 N–H and O–H groups in total. The summed E-state index contributed by atoms with van der Waals surface area (Å²) in [5, 5.41) is 17.6. The first-order chi connectivity index (χ1) is 16.1. The van der Waals surface area contributed by atoms with Crippen LogP contribution in [0, 0.1) is 0 Å². The van der Waals surface area contributed by atoms with Crippen LogP contribution in [0.25, 0.3) is 11.3 Å². The molecule has 0 saturated heterocycles. The SMILES string of the molecule is COc1ccc(-c2n[nH]c3c2C(c2ccc(O)c(OC)c2)N(Cc2ccccc2)C3=O)cc1. The van der Waals surface area contributed by atoms with Crippen molar-refractivity contribution in [3.05, 3.63) is 95.2 Å². The van der Waals surface area contributed by atoms with E-state index in [1.54, 1.807) is 19.2 Å². The zero-order chi connectivity index (χ0) is 22.9. The number of phenols is 1. The summed E-state index contributed by atoms with van der Waals surface area (Å²) in [6, 6.07) is 22.2. The quantitative estimate of drug-likeness (QED) is 0.459. The molecule has 7 nitrogen and oxygen atoms in total. The third kappa shape index (κ3) is 3.57. The number of aromatic hydroxyl groups is 1. The van der Waals surface area contributed by atoms with Crippen molar-refractivity contribution in [3.8, 4) is 28.5 Å². The van der Waals surface area contributed by atoms with Gasteiger partial charge in [0, 0.05) is 17.7 Å². The molecule has 0 radical (unpaired) electrons. The van der Waals surface area contributed by atoms with Gasteiger partial charge >= 0.3 is 0 Å². The van der Waals surface area contributed by atoms with Crippen LogP contribution in [-0.4, -0.2) is 40.3 Å². The number of hydrogen-bond acceptors (Lipinski definition) is 5. The highest BCUT2D eigenvalue weighted by Crippen LogP contribution is 2.45. The van der Waals surface area contributed by atoms with E-state index in [1.165, 1.54) is 7.11 Å². The third-order valence-electron chi connectivity index (χ3n) is 5.94. The number of H-pyrrole nitrogens is 1. The van der Waals surface area contributed by atoms with E-state index in [0.717, 1.165) is 28.0 Å². The molecular weight excluding hydrogens is 418 g/mol. The normalized spacial score (nSPS) is 14.9. The topological polar surface area (TPSA) is 87.7 Å². The number of benzene rings is 3. The van der Waals surface area contributed by atoms with Crippen molar-refractivity contribution >= 4 is 5.91 Å². The molecule has 33 heavy (non-hydrogen) atoms. The lowest BCUT2D eigenvalue weighted by Crippen LogP contribution is -2.29. The van der Waals surface area contributed by atoms with Gasteiger partial charge in [-0.15, -0.1) is 0 Å². The fourth-order valence-electron chi connectivity index (χ4n) is 4.32. The number of nitrogens with zero attached hydrogens (tertiary/aromatic N) is 2. The van der Waals surface area contributed by atoms with Crippen molar-refractivity contribution in [1.82, 2.24) is 15.1 Å². The molecule has 1 aromatic heterocycles. The molecule has 1 atom stereocenters. The van der Waals surface area contributed by atoms with Gasteiger partial charge < -0.3 is 19.5 Å². The van der Waals surface area contributed by atoms with E-state index in [0.29, 0.717) is 23.7 Å². The number of carbonyl (C=O) groups excluding carboxylic acids is 1. The van der Waals surface area contributed by atoms with Crippen LogP contribution in [-0.2, 0) is 6.54 Å². The van der Waals surface area contributed by atoms with Gasteiger partial charge in [-0.1, -0.05) is 36.4 Å². The average molecular weight is 441 g/mol. The van der Waals surface area contributed by atoms with Gasteiger partial charge in [0.2, 0.25) is 0 Å². The number of aromatic nitrogens is 2. The van der Waals surface area contributed by atoms with E-state index in [9.17, 15) is 9.90 Å². The first-order valence-electron chi connectivity index (χ1n) is 10.5. The largest absolute Gasteiger partial charge is 0.504 e. The Kier molecular flexibility index (Phi) is 5.22. The smallest absolute Gasteiger partial charge is 0.273 e. The highest BCUT2D eigenvalue weighted by Gasteiger charge is 2.42. The molecule has 3 aromatic carbocycles. The lowest BCUT2D eigenvalue weighted by molar-refractivity contribution is 0.0730. The average Bonchev–Trinajstić information content (AvgIpc) is 3.39. The molecule has 1 unspecified atom stereocenters. The molecule has 0 bridgehead atoms. The molecule has 7 heteroatoms. The molecule has 2 heterocycles. The number of methoxy groups -OCH3 is 2. The van der Waals surface area contributed by atoms with Crippen LogP contribution in [0.5, 0.6) is 17.2 Å². The van der Waals surface area contributed by atoms with Crippen molar-refractivity contribution in [3.63, 3.8) is 0 Å². The van der Waals surface area contributed by atoms with Crippen LogP contribution in [0.4, 0.5) is 0 Å². The van der Waals surface area contributed by atoms with E-state index in [2.05, 4.69) is 10.2 Å². The van der Waals surface area contributed by atoms with Gasteiger partial charge in [-0.2, -0.15) is 5.10 Å². The number of phenolic OH excluding ortho intramolecular Hbond substituents is 1. The number of amides is 1. The Balaban J connectivity index is 1.65. The van der Waals surface area contributed by atoms with E-state index < -0.39 is 6.04 Å². The molecule has 0 spiro atoms. The second kappa shape index (κ2) is 8.35. The standard InChI is InChI=1S/C26H23N3O4/c1-32-19-11-8-17(9-12-19)23-22-24(28-27-23)26(31)29(15-16-6-4-3-5-7-16)25(22)18-10-13-20(30)21(14-18)33-2/h3-14,25,30H,15H2,1-2H3,(H,27,28). The zero-order valence-electron chi connectivity index (χ0n) is 18.3. The second-order valence-corrected chi connectivity index (χ2v) is 7.84. The summed E-state index contributed by atoms with van der Waals surface area (Å²) >= 11 is 0. The minimum atomic E-state index is -0.405. The number of aromatic amines is 1. The number of hydrogen-bond donors (Lipinski definition) is 2. The number of rotatable bonds is 6. The maximum absolute atomic E-state index is 13.5. The summed E-state index contributed by atoms with van der Waals surface area (Å²) in [5.74, 6) is 1.01. The van der Waals surface area contributed by atoms with Crippen molar-refractivity contribution in [2.45, 2.75) is 12.6 Å². The third-order valence-corrected chi connectivity index (χ3v) is 5.94. The van der Waals surface area contributed by atoms with Gasteiger partial charge in [-0.05, 0) is 47.5 Å². The Morgan fingerprint density at radius 2 is 1.76 bits per heavy atom. The minimum absolute atomic E-state index is 0.0444. The Hall–Kier alpha value is -4.26. The summed E-state index contributed by atoms with van der Waals surface area (Å²) in [7, 11) is 3.13. The highest BCUT2D eigenvalue weighted by atomic mass is 16.5. The van der Waals surface area contributed by atoms with Gasteiger partial charge in [-0.25, -0.2) is 0 Å². The van der Waals surface area contributed by atoms with Crippen LogP contribution in [0.3, 0.4) is 0 Å². The predicted octanol–water partition coefficient (Wildman–Crippen LogP) is 4.54. The highest BCUT2D eigenvalue weighted by molar-refractivity contribution is 6.00. The van der Waals surface area contributed by atoms with Crippen LogP contribution in [0.1, 0.15) is 33.2 Å². The first-order valence-corrected chi connectivity index (χ1v) is 10.5. The summed E-state index contributed by atoms with van der Waals surface area (Å²) in [4.78, 5) is 15.3. The van der Waals surface area contributed by atoms with Crippen LogP contribution >= 0.6 is 0 Å². The van der Waals surface area contributed by atoms with E-state index in [4.69, 9.17) is 9.47 Å². The summed E-state index contributed by atoms with van der Waals surface area (Å²) in [6.07, 6.45) is 0. The second-order valence-electron chi connectivity index (χ2n) is 7.84. The van der Waals surface area contributed by atoms with Crippen molar-refractivity contribution in [2.75, 3.05) is 14.2 Å².